The molecule has 0 radical (unpaired) electrons. The van der Waals surface area contributed by atoms with Crippen LogP contribution in [-0.4, -0.2) is 31.6 Å². The van der Waals surface area contributed by atoms with Gasteiger partial charge in [-0.05, 0) is 79.8 Å². The van der Waals surface area contributed by atoms with Crippen molar-refractivity contribution in [3.8, 4) is 5.75 Å². The number of alkyl halides is 3. The smallest absolute Gasteiger partial charge is 0.379 e. The van der Waals surface area contributed by atoms with Gasteiger partial charge >= 0.3 is 22.3 Å². The molecule has 3 aromatic carbocycles. The number of benzene rings is 3. The molecule has 1 N–H and O–H groups in total. The first-order valence-electron chi connectivity index (χ1n) is 11.4. The van der Waals surface area contributed by atoms with E-state index in [1.807, 2.05) is 44.4 Å². The second-order valence-corrected chi connectivity index (χ2v) is 10.7. The monoisotopic (exact) mass is 552 g/mol. The van der Waals surface area contributed by atoms with Gasteiger partial charge in [0.15, 0.2) is 0 Å². The van der Waals surface area contributed by atoms with Crippen molar-refractivity contribution in [2.24, 2.45) is 0 Å². The normalized spacial score (nSPS) is 12.6. The van der Waals surface area contributed by atoms with Crippen molar-refractivity contribution in [1.82, 2.24) is 4.90 Å². The van der Waals surface area contributed by atoms with Gasteiger partial charge in [0.05, 0.1) is 5.56 Å². The Balaban J connectivity index is 1.78. The van der Waals surface area contributed by atoms with Crippen molar-refractivity contribution in [3.63, 3.8) is 0 Å². The van der Waals surface area contributed by atoms with Crippen LogP contribution in [0.5, 0.6) is 5.75 Å². The maximum Gasteiger partial charge on any atom is 0.416 e. The summed E-state index contributed by atoms with van der Waals surface area (Å²) in [5.74, 6) is -0.0768. The number of thioether (sulfide) groups is 1. The van der Waals surface area contributed by atoms with E-state index in [9.17, 15) is 26.4 Å². The van der Waals surface area contributed by atoms with Crippen LogP contribution in [0.3, 0.4) is 0 Å². The molecule has 1 unspecified atom stereocenters. The summed E-state index contributed by atoms with van der Waals surface area (Å²) < 4.78 is 69.5. The van der Waals surface area contributed by atoms with Crippen molar-refractivity contribution >= 4 is 33.6 Å². The summed E-state index contributed by atoms with van der Waals surface area (Å²) in [4.78, 5) is 15.1. The SMILES string of the molecule is CCC(C)N(Cc1cccc(OS(=O)(=O)c2cccc(C(F)(F)F)c2)c1)C(=O)Nc1ccc(SC)cc1. The Hall–Kier alpha value is -3.18. The number of anilines is 1. The minimum atomic E-state index is -4.69. The largest absolute Gasteiger partial charge is 0.416 e. The lowest BCUT2D eigenvalue weighted by atomic mass is 10.1. The van der Waals surface area contributed by atoms with Gasteiger partial charge in [0.25, 0.3) is 0 Å². The van der Waals surface area contributed by atoms with E-state index in [1.54, 1.807) is 28.8 Å². The first-order chi connectivity index (χ1) is 17.4. The van der Waals surface area contributed by atoms with Crippen LogP contribution in [0.4, 0.5) is 23.7 Å². The van der Waals surface area contributed by atoms with Crippen LogP contribution in [0.1, 0.15) is 31.4 Å². The Morgan fingerprint density at radius 2 is 1.73 bits per heavy atom. The molecule has 198 valence electrons. The van der Waals surface area contributed by atoms with Crippen LogP contribution in [-0.2, 0) is 22.8 Å². The van der Waals surface area contributed by atoms with Crippen molar-refractivity contribution < 1.29 is 30.6 Å². The number of urea groups is 1. The van der Waals surface area contributed by atoms with Gasteiger partial charge in [-0.1, -0.05) is 25.1 Å². The molecule has 11 heteroatoms. The van der Waals surface area contributed by atoms with Gasteiger partial charge in [0.2, 0.25) is 0 Å². The summed E-state index contributed by atoms with van der Waals surface area (Å²) in [5, 5.41) is 2.88. The number of hydrogen-bond donors (Lipinski definition) is 1. The molecule has 0 aliphatic heterocycles. The zero-order chi connectivity index (χ0) is 27.2. The van der Waals surface area contributed by atoms with E-state index in [4.69, 9.17) is 4.18 Å². The highest BCUT2D eigenvalue weighted by molar-refractivity contribution is 7.98. The lowest BCUT2D eigenvalue weighted by Gasteiger charge is -2.29. The molecule has 37 heavy (non-hydrogen) atoms. The van der Waals surface area contributed by atoms with Crippen molar-refractivity contribution in [1.29, 1.82) is 0 Å². The number of nitrogens with one attached hydrogen (secondary N) is 1. The van der Waals surface area contributed by atoms with E-state index in [2.05, 4.69) is 5.32 Å². The molecule has 6 nitrogen and oxygen atoms in total. The Morgan fingerprint density at radius 3 is 2.35 bits per heavy atom. The number of hydrogen-bond acceptors (Lipinski definition) is 5. The molecule has 0 spiro atoms. The van der Waals surface area contributed by atoms with E-state index in [0.717, 1.165) is 23.1 Å². The molecule has 0 aliphatic carbocycles. The molecule has 0 aliphatic rings. The molecule has 3 rings (SSSR count). The fourth-order valence-corrected chi connectivity index (χ4v) is 4.79. The Morgan fingerprint density at radius 1 is 1.05 bits per heavy atom. The Kier molecular flexibility index (Phi) is 9.14. The van der Waals surface area contributed by atoms with E-state index in [-0.39, 0.29) is 24.4 Å². The number of nitrogens with zero attached hydrogens (tertiary/aromatic N) is 1. The zero-order valence-corrected chi connectivity index (χ0v) is 22.1. The van der Waals surface area contributed by atoms with E-state index in [0.29, 0.717) is 23.7 Å². The van der Waals surface area contributed by atoms with Gasteiger partial charge in [-0.25, -0.2) is 4.79 Å². The van der Waals surface area contributed by atoms with Crippen molar-refractivity contribution in [3.05, 3.63) is 83.9 Å². The summed E-state index contributed by atoms with van der Waals surface area (Å²) in [5.41, 5.74) is 0.134. The first kappa shape index (κ1) is 28.4. The fraction of sp³-hybridized carbons (Fsp3) is 0.269. The van der Waals surface area contributed by atoms with Crippen LogP contribution in [0.2, 0.25) is 0 Å². The van der Waals surface area contributed by atoms with E-state index in [1.165, 1.54) is 12.1 Å². The van der Waals surface area contributed by atoms with Crippen molar-refractivity contribution in [2.75, 3.05) is 11.6 Å². The number of carbonyl (C=O) groups excluding carboxylic acids is 1. The maximum absolute atomic E-state index is 13.1. The summed E-state index contributed by atoms with van der Waals surface area (Å²) in [7, 11) is -4.52. The summed E-state index contributed by atoms with van der Waals surface area (Å²) in [6, 6.07) is 16.4. The predicted molar refractivity (Wildman–Crippen MR) is 138 cm³/mol. The third kappa shape index (κ3) is 7.65. The zero-order valence-electron chi connectivity index (χ0n) is 20.5. The van der Waals surface area contributed by atoms with Crippen LogP contribution in [0, 0.1) is 0 Å². The highest BCUT2D eigenvalue weighted by Crippen LogP contribution is 2.31. The molecule has 0 bridgehead atoms. The van der Waals surface area contributed by atoms with Crippen molar-refractivity contribution in [2.45, 2.75) is 48.8 Å². The highest BCUT2D eigenvalue weighted by Gasteiger charge is 2.32. The molecule has 0 saturated carbocycles. The maximum atomic E-state index is 13.1. The first-order valence-corrected chi connectivity index (χ1v) is 14.0. The Labute approximate surface area is 219 Å². The van der Waals surface area contributed by atoms with Gasteiger partial charge in [-0.2, -0.15) is 21.6 Å². The van der Waals surface area contributed by atoms with Crippen LogP contribution in [0.25, 0.3) is 0 Å². The highest BCUT2D eigenvalue weighted by atomic mass is 32.2. The third-order valence-electron chi connectivity index (χ3n) is 5.63. The topological polar surface area (TPSA) is 75.7 Å². The second-order valence-electron chi connectivity index (χ2n) is 8.25. The molecular formula is C26H27F3N2O4S2. The quantitative estimate of drug-likeness (QED) is 0.228. The van der Waals surface area contributed by atoms with Gasteiger partial charge in [0.1, 0.15) is 10.6 Å². The minimum absolute atomic E-state index is 0.0768. The minimum Gasteiger partial charge on any atom is -0.379 e. The number of rotatable bonds is 9. The van der Waals surface area contributed by atoms with E-state index < -0.39 is 26.8 Å². The molecule has 0 heterocycles. The fourth-order valence-electron chi connectivity index (χ4n) is 3.41. The van der Waals surface area contributed by atoms with Crippen LogP contribution in [0.15, 0.2) is 82.6 Å². The lowest BCUT2D eigenvalue weighted by molar-refractivity contribution is -0.137. The molecule has 3 aromatic rings. The number of amides is 2. The predicted octanol–water partition coefficient (Wildman–Crippen LogP) is 7.03. The van der Waals surface area contributed by atoms with Gasteiger partial charge in [-0.15, -0.1) is 11.8 Å². The van der Waals surface area contributed by atoms with Crippen LogP contribution >= 0.6 is 11.8 Å². The average molecular weight is 553 g/mol. The lowest BCUT2D eigenvalue weighted by Crippen LogP contribution is -2.40. The van der Waals surface area contributed by atoms with Gasteiger partial charge in [-0.3, -0.25) is 0 Å². The number of halogens is 3. The van der Waals surface area contributed by atoms with Gasteiger partial charge in [0, 0.05) is 23.2 Å². The molecule has 1 atom stereocenters. The summed E-state index contributed by atoms with van der Waals surface area (Å²) >= 11 is 1.59. The number of carbonyl (C=O) groups is 1. The third-order valence-corrected chi connectivity index (χ3v) is 7.62. The molecular weight excluding hydrogens is 525 g/mol. The van der Waals surface area contributed by atoms with Gasteiger partial charge < -0.3 is 14.4 Å². The van der Waals surface area contributed by atoms with E-state index >= 15 is 0 Å². The standard InChI is InChI=1S/C26H27F3N2O4S2/c1-4-18(2)31(25(32)30-21-11-13-23(36-3)14-12-21)17-19-7-5-9-22(15-19)35-37(33,34)24-10-6-8-20(16-24)26(27,28)29/h5-16,18H,4,17H2,1-3H3,(H,30,32). The molecule has 2 amide bonds. The summed E-state index contributed by atoms with van der Waals surface area (Å²) in [6.45, 7) is 4.00. The molecule has 0 saturated heterocycles. The summed E-state index contributed by atoms with van der Waals surface area (Å²) in [6.07, 6.45) is -2.05. The Bertz CT molecular complexity index is 1330. The van der Waals surface area contributed by atoms with Crippen LogP contribution < -0.4 is 9.50 Å². The second kappa shape index (κ2) is 11.9. The molecule has 0 fully saturated rings. The molecule has 0 aromatic heterocycles. The average Bonchev–Trinajstić information content (AvgIpc) is 2.86.